The van der Waals surface area contributed by atoms with Gasteiger partial charge in [-0.25, -0.2) is 4.39 Å². The SMILES string of the molecule is COC/C(=C(/F)C(F)(F)F)C(F)(F)C(F)(F)F. The van der Waals surface area contributed by atoms with E-state index in [4.69, 9.17) is 0 Å². The van der Waals surface area contributed by atoms with Crippen LogP contribution in [-0.2, 0) is 4.74 Å². The van der Waals surface area contributed by atoms with Gasteiger partial charge in [0.25, 0.3) is 0 Å². The van der Waals surface area contributed by atoms with Crippen LogP contribution in [0.2, 0.25) is 0 Å². The topological polar surface area (TPSA) is 9.23 Å². The summed E-state index contributed by atoms with van der Waals surface area (Å²) in [7, 11) is 0.552. The second kappa shape index (κ2) is 4.75. The number of methoxy groups -OCH3 is 1. The van der Waals surface area contributed by atoms with Crippen LogP contribution in [-0.4, -0.2) is 32.0 Å². The molecular weight excluding hydrogens is 271 g/mol. The molecule has 0 saturated heterocycles. The van der Waals surface area contributed by atoms with E-state index in [1.54, 1.807) is 0 Å². The number of allylic oxidation sites excluding steroid dienone is 1. The Balaban J connectivity index is 5.70. The Morgan fingerprint density at radius 2 is 1.35 bits per heavy atom. The van der Waals surface area contributed by atoms with Crippen LogP contribution in [0.4, 0.5) is 39.5 Å². The molecule has 0 spiro atoms. The van der Waals surface area contributed by atoms with Crippen molar-refractivity contribution in [2.24, 2.45) is 0 Å². The van der Waals surface area contributed by atoms with Crippen molar-refractivity contribution < 1.29 is 44.3 Å². The summed E-state index contributed by atoms with van der Waals surface area (Å²) in [6.07, 6.45) is -12.3. The minimum Gasteiger partial charge on any atom is -0.380 e. The highest BCUT2D eigenvalue weighted by Crippen LogP contribution is 2.45. The highest BCUT2D eigenvalue weighted by Gasteiger charge is 2.62. The first-order chi connectivity index (χ1) is 7.35. The van der Waals surface area contributed by atoms with E-state index in [2.05, 4.69) is 4.74 Å². The monoisotopic (exact) mass is 276 g/mol. The van der Waals surface area contributed by atoms with Crippen molar-refractivity contribution in [1.29, 1.82) is 0 Å². The standard InChI is InChI=1S/C7H5F9O/c1-17-2-3(4(8)6(11,12)13)5(9,10)7(14,15)16/h2H2,1H3/b4-3-. The zero-order valence-electron chi connectivity index (χ0n) is 8.02. The molecule has 0 rings (SSSR count). The number of hydrogen-bond donors (Lipinski definition) is 0. The predicted octanol–water partition coefficient (Wildman–Crippen LogP) is 3.62. The smallest absolute Gasteiger partial charge is 0.380 e. The molecular formula is C7H5F9O. The molecule has 102 valence electrons. The van der Waals surface area contributed by atoms with Gasteiger partial charge in [0.1, 0.15) is 0 Å². The molecule has 17 heavy (non-hydrogen) atoms. The van der Waals surface area contributed by atoms with Crippen LogP contribution in [0, 0.1) is 0 Å². The van der Waals surface area contributed by atoms with Crippen LogP contribution in [0.5, 0.6) is 0 Å². The lowest BCUT2D eigenvalue weighted by molar-refractivity contribution is -0.268. The van der Waals surface area contributed by atoms with Crippen LogP contribution in [0.25, 0.3) is 0 Å². The molecule has 1 nitrogen and oxygen atoms in total. The van der Waals surface area contributed by atoms with Gasteiger partial charge in [0.15, 0.2) is 0 Å². The fraction of sp³-hybridized carbons (Fsp3) is 0.714. The first-order valence-corrected chi connectivity index (χ1v) is 3.75. The summed E-state index contributed by atoms with van der Waals surface area (Å²) in [4.78, 5) is 0. The second-order valence-electron chi connectivity index (χ2n) is 2.80. The van der Waals surface area contributed by atoms with Crippen molar-refractivity contribution in [3.8, 4) is 0 Å². The maximum atomic E-state index is 12.6. The molecule has 0 amide bonds. The molecule has 0 heterocycles. The van der Waals surface area contributed by atoms with Gasteiger partial charge in [0, 0.05) is 7.11 Å². The highest BCUT2D eigenvalue weighted by atomic mass is 19.4. The predicted molar refractivity (Wildman–Crippen MR) is 37.1 cm³/mol. The molecule has 0 aromatic heterocycles. The van der Waals surface area contributed by atoms with E-state index in [1.165, 1.54) is 0 Å². The molecule has 0 saturated carbocycles. The van der Waals surface area contributed by atoms with Crippen molar-refractivity contribution in [2.75, 3.05) is 13.7 Å². The molecule has 0 unspecified atom stereocenters. The third kappa shape index (κ3) is 3.51. The normalized spacial score (nSPS) is 15.9. The lowest BCUT2D eigenvalue weighted by atomic mass is 10.1. The Morgan fingerprint density at radius 1 is 0.941 bits per heavy atom. The summed E-state index contributed by atoms with van der Waals surface area (Å²) >= 11 is 0. The van der Waals surface area contributed by atoms with Crippen LogP contribution < -0.4 is 0 Å². The number of ether oxygens (including phenoxy) is 1. The molecule has 0 radical (unpaired) electrons. The molecule has 0 aliphatic rings. The number of hydrogen-bond acceptors (Lipinski definition) is 1. The number of rotatable bonds is 3. The molecule has 0 fully saturated rings. The van der Waals surface area contributed by atoms with E-state index in [1.807, 2.05) is 0 Å². The van der Waals surface area contributed by atoms with Crippen LogP contribution in [0.1, 0.15) is 0 Å². The van der Waals surface area contributed by atoms with E-state index in [0.29, 0.717) is 7.11 Å². The average Bonchev–Trinajstić information content (AvgIpc) is 2.09. The van der Waals surface area contributed by atoms with Gasteiger partial charge >= 0.3 is 18.3 Å². The molecule has 0 bridgehead atoms. The minimum absolute atomic E-state index is 0.552. The first-order valence-electron chi connectivity index (χ1n) is 3.75. The molecule has 0 atom stereocenters. The van der Waals surface area contributed by atoms with Gasteiger partial charge in [0.05, 0.1) is 12.2 Å². The van der Waals surface area contributed by atoms with E-state index < -0.39 is 36.3 Å². The summed E-state index contributed by atoms with van der Waals surface area (Å²) in [5.74, 6) is -9.47. The number of halogens is 9. The maximum Gasteiger partial charge on any atom is 0.457 e. The Bertz CT molecular complexity index is 297. The lowest BCUT2D eigenvalue weighted by Crippen LogP contribution is -2.41. The van der Waals surface area contributed by atoms with Gasteiger partial charge in [-0.05, 0) is 0 Å². The van der Waals surface area contributed by atoms with Crippen LogP contribution in [0.15, 0.2) is 11.4 Å². The summed E-state index contributed by atoms with van der Waals surface area (Å²) in [6, 6.07) is 0. The summed E-state index contributed by atoms with van der Waals surface area (Å²) < 4.78 is 112. The van der Waals surface area contributed by atoms with Gasteiger partial charge in [-0.1, -0.05) is 0 Å². The fourth-order valence-corrected chi connectivity index (χ4v) is 0.778. The summed E-state index contributed by atoms with van der Waals surface area (Å²) in [5.41, 5.74) is -2.81. The van der Waals surface area contributed by atoms with Crippen LogP contribution >= 0.6 is 0 Å². The molecule has 10 heteroatoms. The Kier molecular flexibility index (Phi) is 4.49. The summed E-state index contributed by atoms with van der Waals surface area (Å²) in [5, 5.41) is 0. The largest absolute Gasteiger partial charge is 0.457 e. The molecule has 0 aliphatic heterocycles. The Morgan fingerprint density at radius 3 is 1.59 bits per heavy atom. The van der Waals surface area contributed by atoms with Crippen molar-refractivity contribution >= 4 is 0 Å². The average molecular weight is 276 g/mol. The number of alkyl halides is 8. The van der Waals surface area contributed by atoms with E-state index in [9.17, 15) is 39.5 Å². The van der Waals surface area contributed by atoms with E-state index in [0.717, 1.165) is 0 Å². The zero-order chi connectivity index (χ0) is 14.1. The molecule has 0 aromatic carbocycles. The summed E-state index contributed by atoms with van der Waals surface area (Å²) in [6.45, 7) is -1.84. The fourth-order valence-electron chi connectivity index (χ4n) is 0.778. The Labute approximate surface area is 88.8 Å². The van der Waals surface area contributed by atoms with Gasteiger partial charge < -0.3 is 4.74 Å². The van der Waals surface area contributed by atoms with Crippen LogP contribution in [0.3, 0.4) is 0 Å². The third-order valence-electron chi connectivity index (χ3n) is 1.54. The first kappa shape index (κ1) is 16.1. The molecule has 0 N–H and O–H groups in total. The molecule has 0 aliphatic carbocycles. The van der Waals surface area contributed by atoms with Gasteiger partial charge in [-0.2, -0.15) is 35.1 Å². The van der Waals surface area contributed by atoms with Gasteiger partial charge in [-0.3, -0.25) is 0 Å². The van der Waals surface area contributed by atoms with Gasteiger partial charge in [-0.15, -0.1) is 0 Å². The lowest BCUT2D eigenvalue weighted by Gasteiger charge is -2.23. The minimum atomic E-state index is -6.34. The van der Waals surface area contributed by atoms with Crippen molar-refractivity contribution in [1.82, 2.24) is 0 Å². The highest BCUT2D eigenvalue weighted by molar-refractivity contribution is 5.23. The van der Waals surface area contributed by atoms with E-state index in [-0.39, 0.29) is 0 Å². The van der Waals surface area contributed by atoms with Crippen molar-refractivity contribution in [2.45, 2.75) is 18.3 Å². The zero-order valence-corrected chi connectivity index (χ0v) is 8.02. The van der Waals surface area contributed by atoms with Crippen molar-refractivity contribution in [3.63, 3.8) is 0 Å². The quantitative estimate of drug-likeness (QED) is 0.715. The van der Waals surface area contributed by atoms with Crippen molar-refractivity contribution in [3.05, 3.63) is 11.4 Å². The Hall–Kier alpha value is -0.930. The second-order valence-corrected chi connectivity index (χ2v) is 2.80. The van der Waals surface area contributed by atoms with E-state index >= 15 is 0 Å². The molecule has 0 aromatic rings. The van der Waals surface area contributed by atoms with Gasteiger partial charge in [0.2, 0.25) is 5.83 Å². The maximum absolute atomic E-state index is 12.6. The third-order valence-corrected chi connectivity index (χ3v) is 1.54.